The fourth-order valence-electron chi connectivity index (χ4n) is 5.26. The van der Waals surface area contributed by atoms with Crippen molar-refractivity contribution >= 4 is 51.2 Å². The van der Waals surface area contributed by atoms with E-state index in [-0.39, 0.29) is 24.3 Å². The number of benzene rings is 2. The molecule has 2 aliphatic heterocycles. The van der Waals surface area contributed by atoms with Gasteiger partial charge in [0.15, 0.2) is 0 Å². The van der Waals surface area contributed by atoms with Crippen molar-refractivity contribution in [1.29, 1.82) is 0 Å². The van der Waals surface area contributed by atoms with E-state index >= 15 is 0 Å². The second-order valence-corrected chi connectivity index (χ2v) is 11.8. The molecule has 1 fully saturated rings. The third-order valence-electron chi connectivity index (χ3n) is 7.65. The number of aromatic nitrogens is 3. The maximum Gasteiger partial charge on any atom is 0.335 e. The number of carboxylic acids is 1. The molecule has 8 nitrogen and oxygen atoms in total. The maximum absolute atomic E-state index is 14.3. The van der Waals surface area contributed by atoms with E-state index in [1.165, 1.54) is 11.6 Å². The Hall–Kier alpha value is -2.80. The van der Waals surface area contributed by atoms with Gasteiger partial charge in [0.05, 0.1) is 51.1 Å². The fourth-order valence-corrected chi connectivity index (χ4v) is 6.07. The van der Waals surface area contributed by atoms with Crippen LogP contribution >= 0.6 is 34.2 Å². The first kappa shape index (κ1) is 27.4. The van der Waals surface area contributed by atoms with Crippen LogP contribution in [-0.4, -0.2) is 49.8 Å². The summed E-state index contributed by atoms with van der Waals surface area (Å²) >= 11 is 8.09. The summed E-state index contributed by atoms with van der Waals surface area (Å²) in [4.78, 5) is 23.7. The quantitative estimate of drug-likeness (QED) is 0.229. The van der Waals surface area contributed by atoms with Crippen LogP contribution in [0.4, 0.5) is 4.39 Å². The lowest BCUT2D eigenvalue weighted by Gasteiger charge is -2.35. The van der Waals surface area contributed by atoms with Gasteiger partial charge in [-0.25, -0.2) is 19.2 Å². The van der Waals surface area contributed by atoms with Gasteiger partial charge in [0.25, 0.3) is 0 Å². The highest BCUT2D eigenvalue weighted by molar-refractivity contribution is 14.1. The third-order valence-corrected chi connectivity index (χ3v) is 8.65. The Labute approximate surface area is 249 Å². The van der Waals surface area contributed by atoms with Crippen molar-refractivity contribution in [3.63, 3.8) is 0 Å². The van der Waals surface area contributed by atoms with E-state index in [1.54, 1.807) is 30.3 Å². The minimum absolute atomic E-state index is 0.0156. The number of carbonyl (C=O) groups is 1. The molecule has 4 aromatic rings. The lowest BCUT2D eigenvalue weighted by Crippen LogP contribution is -2.36. The van der Waals surface area contributed by atoms with Crippen molar-refractivity contribution in [1.82, 2.24) is 19.4 Å². The van der Waals surface area contributed by atoms with Crippen LogP contribution in [0.5, 0.6) is 5.88 Å². The summed E-state index contributed by atoms with van der Waals surface area (Å²) in [5, 5.41) is 9.88. The summed E-state index contributed by atoms with van der Waals surface area (Å²) in [5.41, 5.74) is 4.31. The van der Waals surface area contributed by atoms with Gasteiger partial charge in [0.1, 0.15) is 18.2 Å². The van der Waals surface area contributed by atoms with Crippen molar-refractivity contribution < 1.29 is 23.8 Å². The lowest BCUT2D eigenvalue weighted by molar-refractivity contribution is -0.0592. The Balaban J connectivity index is 1.26. The Bertz CT molecular complexity index is 1610. The number of pyridine rings is 1. The first-order chi connectivity index (χ1) is 19.3. The van der Waals surface area contributed by atoms with E-state index in [2.05, 4.69) is 45.0 Å². The Morgan fingerprint density at radius 3 is 2.80 bits per heavy atom. The second kappa shape index (κ2) is 11.2. The van der Waals surface area contributed by atoms with E-state index in [0.29, 0.717) is 29.6 Å². The predicted molar refractivity (Wildman–Crippen MR) is 156 cm³/mol. The molecule has 0 radical (unpaired) electrons. The van der Waals surface area contributed by atoms with Crippen molar-refractivity contribution in [3.8, 4) is 5.88 Å². The average Bonchev–Trinajstić information content (AvgIpc) is 3.23. The summed E-state index contributed by atoms with van der Waals surface area (Å²) in [5.74, 6) is -0.0398. The van der Waals surface area contributed by atoms with Crippen LogP contribution in [0.1, 0.15) is 52.4 Å². The van der Waals surface area contributed by atoms with Crippen molar-refractivity contribution in [2.24, 2.45) is 0 Å². The van der Waals surface area contributed by atoms with E-state index in [0.717, 1.165) is 52.1 Å². The smallest absolute Gasteiger partial charge is 0.335 e. The summed E-state index contributed by atoms with van der Waals surface area (Å²) < 4.78 is 28.9. The van der Waals surface area contributed by atoms with Gasteiger partial charge in [-0.1, -0.05) is 17.7 Å². The molecule has 4 heterocycles. The minimum Gasteiger partial charge on any atom is -0.478 e. The van der Waals surface area contributed by atoms with Crippen LogP contribution < -0.4 is 4.74 Å². The zero-order valence-electron chi connectivity index (χ0n) is 21.7. The highest BCUT2D eigenvalue weighted by atomic mass is 127. The summed E-state index contributed by atoms with van der Waals surface area (Å²) in [6.07, 6.45) is 1.89. The largest absolute Gasteiger partial charge is 0.478 e. The molecule has 2 aromatic heterocycles. The van der Waals surface area contributed by atoms with E-state index < -0.39 is 11.8 Å². The summed E-state index contributed by atoms with van der Waals surface area (Å²) in [7, 11) is 0. The molecule has 2 aliphatic rings. The molecule has 40 heavy (non-hydrogen) atoms. The second-order valence-electron chi connectivity index (χ2n) is 10.2. The highest BCUT2D eigenvalue weighted by Gasteiger charge is 2.29. The topological polar surface area (TPSA) is 89.7 Å². The average molecular weight is 677 g/mol. The zero-order chi connectivity index (χ0) is 28.0. The van der Waals surface area contributed by atoms with E-state index in [4.69, 9.17) is 31.0 Å². The van der Waals surface area contributed by atoms with E-state index in [1.807, 2.05) is 0 Å². The van der Waals surface area contributed by atoms with Crippen molar-refractivity contribution in [2.45, 2.75) is 51.6 Å². The maximum atomic E-state index is 14.3. The third kappa shape index (κ3) is 5.41. The molecular weight excluding hydrogens is 650 g/mol. The Morgan fingerprint density at radius 2 is 2.08 bits per heavy atom. The minimum atomic E-state index is -0.963. The lowest BCUT2D eigenvalue weighted by atomic mass is 9.99. The molecule has 2 aromatic carbocycles. The van der Waals surface area contributed by atoms with E-state index in [9.17, 15) is 14.3 Å². The number of hydrogen-bond donors (Lipinski definition) is 1. The number of aromatic carboxylic acids is 1. The van der Waals surface area contributed by atoms with Crippen molar-refractivity contribution in [2.75, 3.05) is 13.2 Å². The molecule has 6 rings (SSSR count). The van der Waals surface area contributed by atoms with Crippen LogP contribution in [0.15, 0.2) is 42.5 Å². The van der Waals surface area contributed by atoms with Gasteiger partial charge in [-0.3, -0.25) is 4.90 Å². The summed E-state index contributed by atoms with van der Waals surface area (Å²) in [6, 6.07) is 11.7. The van der Waals surface area contributed by atoms with Crippen LogP contribution in [-0.2, 0) is 30.9 Å². The fraction of sp³-hybridized carbons (Fsp3) is 0.345. The predicted octanol–water partition coefficient (Wildman–Crippen LogP) is 6.01. The van der Waals surface area contributed by atoms with Gasteiger partial charge in [0, 0.05) is 23.7 Å². The molecule has 0 amide bonds. The number of nitrogens with zero attached hydrogens (tertiary/aromatic N) is 4. The molecule has 0 aliphatic carbocycles. The monoisotopic (exact) mass is 676 g/mol. The standard InChI is InChI=1S/C29H27ClFIN4O4/c1-16-27-17(10-23(32)28(34-27)40-15-19-2-4-20(30)12-22(19)31)6-8-35(16)14-26-33-24-5-3-18(29(37)38)11-25(24)36(26)13-21-7-9-39-21/h2-5,10-12,16,21H,6-9,13-15H2,1H3,(H,37,38)/t16-,21-/m0/s1. The van der Waals surface area contributed by atoms with Gasteiger partial charge in [0.2, 0.25) is 5.88 Å². The zero-order valence-corrected chi connectivity index (χ0v) is 24.7. The molecule has 0 saturated carbocycles. The van der Waals surface area contributed by atoms with Gasteiger partial charge >= 0.3 is 5.97 Å². The number of fused-ring (bicyclic) bond motifs is 2. The molecule has 1 saturated heterocycles. The molecule has 2 atom stereocenters. The van der Waals surface area contributed by atoms with Crippen LogP contribution in [0.25, 0.3) is 11.0 Å². The number of halogens is 3. The van der Waals surface area contributed by atoms with Crippen LogP contribution in [0, 0.1) is 9.39 Å². The molecule has 1 N–H and O–H groups in total. The molecule has 0 unspecified atom stereocenters. The van der Waals surface area contributed by atoms with Crippen molar-refractivity contribution in [3.05, 3.63) is 85.1 Å². The Kier molecular flexibility index (Phi) is 7.68. The molecule has 208 valence electrons. The highest BCUT2D eigenvalue weighted by Crippen LogP contribution is 2.34. The van der Waals surface area contributed by atoms with Gasteiger partial charge in [-0.15, -0.1) is 0 Å². The first-order valence-electron chi connectivity index (χ1n) is 13.1. The Morgan fingerprint density at radius 1 is 1.25 bits per heavy atom. The normalized spacial score (nSPS) is 18.9. The number of hydrogen-bond acceptors (Lipinski definition) is 6. The number of imidazole rings is 1. The first-order valence-corrected chi connectivity index (χ1v) is 14.6. The number of ether oxygens (including phenoxy) is 2. The van der Waals surface area contributed by atoms with Crippen LogP contribution in [0.2, 0.25) is 5.02 Å². The van der Waals surface area contributed by atoms with Gasteiger partial charge < -0.3 is 19.1 Å². The molecule has 0 spiro atoms. The summed E-state index contributed by atoms with van der Waals surface area (Å²) in [6.45, 7) is 4.94. The molecular formula is C29H27ClFIN4O4. The molecule has 0 bridgehead atoms. The number of carboxylic acid groups (broad SMARTS) is 1. The molecule has 11 heteroatoms. The van der Waals surface area contributed by atoms with Gasteiger partial charge in [-0.2, -0.15) is 0 Å². The number of rotatable bonds is 8. The van der Waals surface area contributed by atoms with Crippen LogP contribution in [0.3, 0.4) is 0 Å². The van der Waals surface area contributed by atoms with Gasteiger partial charge in [-0.05, 0) is 84.3 Å². The SMILES string of the molecule is C[C@H]1c2nc(OCc3ccc(Cl)cc3F)c(I)cc2CCN1Cc1nc2ccc(C(=O)O)cc2n1C[C@@H]1CCO1.